The zero-order chi connectivity index (χ0) is 34.0. The van der Waals surface area contributed by atoms with E-state index < -0.39 is 18.0 Å². The molecule has 1 fully saturated rings. The maximum absolute atomic E-state index is 12.8. The third-order valence-corrected chi connectivity index (χ3v) is 10.3. The van der Waals surface area contributed by atoms with Crippen molar-refractivity contribution in [3.05, 3.63) is 44.1 Å². The number of benzene rings is 2. The van der Waals surface area contributed by atoms with Crippen molar-refractivity contribution in [3.8, 4) is 17.2 Å². The van der Waals surface area contributed by atoms with Gasteiger partial charge in [-0.15, -0.1) is 0 Å². The van der Waals surface area contributed by atoms with Crippen molar-refractivity contribution in [3.63, 3.8) is 0 Å². The van der Waals surface area contributed by atoms with E-state index in [2.05, 4.69) is 50.5 Å². The fraction of sp³-hybridized carbons (Fsp3) is 0.433. The van der Waals surface area contributed by atoms with Crippen LogP contribution in [-0.2, 0) is 35.1 Å². The number of hydrogen-bond donors (Lipinski definition) is 3. The molecule has 0 unspecified atom stereocenters. The largest absolute Gasteiger partial charge is 0.506 e. The van der Waals surface area contributed by atoms with E-state index in [0.29, 0.717) is 51.2 Å². The molecule has 2 aromatic carbocycles. The normalized spacial score (nSPS) is 13.6. The van der Waals surface area contributed by atoms with Gasteiger partial charge in [0.15, 0.2) is 5.75 Å². The number of amides is 3. The first-order chi connectivity index (χ1) is 21.8. The van der Waals surface area contributed by atoms with Crippen molar-refractivity contribution >= 4 is 120 Å². The van der Waals surface area contributed by atoms with Gasteiger partial charge >= 0.3 is 11.9 Å². The molecule has 0 aliphatic carbocycles. The molecule has 1 aliphatic heterocycles. The molecular weight excluding hydrogens is 1050 g/mol. The fourth-order valence-corrected chi connectivity index (χ4v) is 8.53. The summed E-state index contributed by atoms with van der Waals surface area (Å²) in [6.07, 6.45) is 1.09. The molecule has 0 radical (unpaired) electrons. The quantitative estimate of drug-likeness (QED) is 0.177. The number of hydrogen-bond acceptors (Lipinski definition) is 8. The molecule has 1 saturated heterocycles. The highest BCUT2D eigenvalue weighted by atomic mass is 127. The molecule has 250 valence electrons. The van der Waals surface area contributed by atoms with Crippen molar-refractivity contribution in [1.29, 1.82) is 0 Å². The lowest BCUT2D eigenvalue weighted by atomic mass is 10.1. The summed E-state index contributed by atoms with van der Waals surface area (Å²) in [5.74, 6) is -0.705. The maximum atomic E-state index is 12.8. The monoisotopic (exact) mass is 1090 g/mol. The number of phenolic OH excluding ortho intramolecular Hbond substituents is 1. The smallest absolute Gasteiger partial charge is 0.328 e. The highest BCUT2D eigenvalue weighted by Gasteiger charge is 2.26. The van der Waals surface area contributed by atoms with Crippen LogP contribution in [0.2, 0.25) is 0 Å². The van der Waals surface area contributed by atoms with Gasteiger partial charge in [0, 0.05) is 58.3 Å². The third kappa shape index (κ3) is 11.8. The Labute approximate surface area is 321 Å². The van der Waals surface area contributed by atoms with Crippen LogP contribution in [0.15, 0.2) is 24.3 Å². The van der Waals surface area contributed by atoms with Crippen molar-refractivity contribution in [1.82, 2.24) is 15.1 Å². The minimum Gasteiger partial charge on any atom is -0.506 e. The van der Waals surface area contributed by atoms with Gasteiger partial charge in [0.1, 0.15) is 17.5 Å². The van der Waals surface area contributed by atoms with Crippen molar-refractivity contribution in [2.24, 2.45) is 0 Å². The van der Waals surface area contributed by atoms with E-state index in [1.165, 1.54) is 7.11 Å². The Hall–Kier alpha value is -1.69. The molecule has 0 spiro atoms. The second kappa shape index (κ2) is 18.7. The van der Waals surface area contributed by atoms with Gasteiger partial charge in [0.25, 0.3) is 0 Å². The topological polar surface area (TPSA) is 163 Å². The van der Waals surface area contributed by atoms with E-state index in [4.69, 9.17) is 14.6 Å². The first-order valence-corrected chi connectivity index (χ1v) is 18.6. The van der Waals surface area contributed by atoms with E-state index in [9.17, 15) is 29.1 Å². The molecule has 3 rings (SSSR count). The van der Waals surface area contributed by atoms with E-state index in [-0.39, 0.29) is 62.0 Å². The summed E-state index contributed by atoms with van der Waals surface area (Å²) < 4.78 is 14.0. The Morgan fingerprint density at radius 1 is 0.804 bits per heavy atom. The molecule has 46 heavy (non-hydrogen) atoms. The van der Waals surface area contributed by atoms with Crippen LogP contribution in [0.25, 0.3) is 0 Å². The average Bonchev–Trinajstić information content (AvgIpc) is 3.00. The number of methoxy groups -OCH3 is 1. The van der Waals surface area contributed by atoms with Crippen LogP contribution in [0, 0.1) is 14.3 Å². The predicted octanol–water partition coefficient (Wildman–Crippen LogP) is 4.90. The first-order valence-electron chi connectivity index (χ1n) is 14.3. The number of carboxylic acid groups (broad SMARTS) is 1. The Morgan fingerprint density at radius 2 is 1.30 bits per heavy atom. The summed E-state index contributed by atoms with van der Waals surface area (Å²) in [7, 11) is 1.26. The zero-order valence-corrected chi connectivity index (χ0v) is 33.5. The van der Waals surface area contributed by atoms with Crippen LogP contribution in [-0.4, -0.2) is 89.0 Å². The number of aromatic hydroxyl groups is 1. The number of aliphatic carboxylic acids is 1. The van der Waals surface area contributed by atoms with Crippen LogP contribution in [0.1, 0.15) is 44.1 Å². The lowest BCUT2D eigenvalue weighted by Crippen LogP contribution is -2.50. The molecule has 1 heterocycles. The number of nitrogens with zero attached hydrogens (tertiary/aromatic N) is 2. The molecule has 0 aromatic heterocycles. The molecule has 2 aromatic rings. The van der Waals surface area contributed by atoms with Gasteiger partial charge in [-0.3, -0.25) is 19.2 Å². The molecule has 1 aliphatic rings. The molecule has 1 atom stereocenters. The zero-order valence-electron chi connectivity index (χ0n) is 24.8. The highest BCUT2D eigenvalue weighted by Crippen LogP contribution is 2.37. The lowest BCUT2D eigenvalue weighted by Gasteiger charge is -2.35. The fourth-order valence-electron chi connectivity index (χ4n) is 4.70. The van der Waals surface area contributed by atoms with Crippen LogP contribution < -0.4 is 10.1 Å². The molecule has 3 amide bonds. The van der Waals surface area contributed by atoms with Crippen LogP contribution in [0.3, 0.4) is 0 Å². The number of ether oxygens (including phenoxy) is 2. The minimum absolute atomic E-state index is 0.0489. The average molecular weight is 1090 g/mol. The highest BCUT2D eigenvalue weighted by molar-refractivity contribution is 14.1. The number of carboxylic acids is 1. The lowest BCUT2D eigenvalue weighted by molar-refractivity contribution is -0.145. The second-order valence-corrected chi connectivity index (χ2v) is 15.1. The van der Waals surface area contributed by atoms with E-state index in [1.807, 2.05) is 57.3 Å². The summed E-state index contributed by atoms with van der Waals surface area (Å²) >= 11 is 8.39. The van der Waals surface area contributed by atoms with Crippen LogP contribution in [0.5, 0.6) is 17.2 Å². The molecular formula is C30H33I4N3O9. The molecule has 12 nitrogen and oxygen atoms in total. The Balaban J connectivity index is 1.50. The summed E-state index contributed by atoms with van der Waals surface area (Å²) in [4.78, 5) is 64.3. The van der Waals surface area contributed by atoms with Gasteiger partial charge in [-0.25, -0.2) is 4.79 Å². The van der Waals surface area contributed by atoms with Crippen molar-refractivity contribution < 1.29 is 43.7 Å². The Bertz CT molecular complexity index is 1420. The van der Waals surface area contributed by atoms with Crippen LogP contribution in [0.4, 0.5) is 0 Å². The molecule has 16 heteroatoms. The molecule has 0 saturated carbocycles. The van der Waals surface area contributed by atoms with E-state index in [1.54, 1.807) is 21.9 Å². The SMILES string of the molecule is COC(=O)[C@H](Cc1cc(I)c(Oc2cc(I)c(O)c(I)c2)c(I)c1)NC(=O)CCCC(=O)N1CCN(C(=O)CCCC(=O)O)CC1. The number of carbonyl (C=O) groups is 5. The molecule has 3 N–H and O–H groups in total. The Kier molecular flexibility index (Phi) is 15.8. The van der Waals surface area contributed by atoms with Gasteiger partial charge in [-0.05, 0) is 133 Å². The first kappa shape index (κ1) is 38.8. The minimum atomic E-state index is -0.934. The summed E-state index contributed by atoms with van der Waals surface area (Å²) in [6.45, 7) is 1.54. The number of halogens is 4. The number of piperazine rings is 1. The summed E-state index contributed by atoms with van der Waals surface area (Å²) in [6, 6.07) is 6.31. The second-order valence-electron chi connectivity index (χ2n) is 10.4. The standard InChI is InChI=1S/C30H33I4N3O9/c1-45-30(44)23(14-17-12-21(33)29(22(34)13-17)46-18-15-19(31)28(43)20(32)16-18)35-24(38)4-2-5-25(39)36-8-10-37(11-9-36)26(40)6-3-7-27(41)42/h12-13,15-16,23,43H,2-11,14H2,1H3,(H,35,38)(H,41,42)/t23-/m0/s1. The van der Waals surface area contributed by atoms with Crippen LogP contribution >= 0.6 is 90.4 Å². The number of phenols is 1. The third-order valence-electron chi connectivity index (χ3n) is 7.09. The van der Waals surface area contributed by atoms with Gasteiger partial charge < -0.3 is 34.8 Å². The number of nitrogens with one attached hydrogen (secondary N) is 1. The van der Waals surface area contributed by atoms with E-state index >= 15 is 0 Å². The summed E-state index contributed by atoms with van der Waals surface area (Å²) in [5.41, 5.74) is 0.793. The van der Waals surface area contributed by atoms with Crippen molar-refractivity contribution in [2.45, 2.75) is 51.0 Å². The van der Waals surface area contributed by atoms with Gasteiger partial charge in [0.05, 0.1) is 21.4 Å². The predicted molar refractivity (Wildman–Crippen MR) is 202 cm³/mol. The van der Waals surface area contributed by atoms with E-state index in [0.717, 1.165) is 12.7 Å². The molecule has 0 bridgehead atoms. The summed E-state index contributed by atoms with van der Waals surface area (Å²) in [5, 5.41) is 21.5. The van der Waals surface area contributed by atoms with Gasteiger partial charge in [0.2, 0.25) is 17.7 Å². The van der Waals surface area contributed by atoms with Crippen molar-refractivity contribution in [2.75, 3.05) is 33.3 Å². The Morgan fingerprint density at radius 3 is 1.78 bits per heavy atom. The number of carbonyl (C=O) groups excluding carboxylic acids is 4. The maximum Gasteiger partial charge on any atom is 0.328 e. The van der Waals surface area contributed by atoms with Gasteiger partial charge in [-0.1, -0.05) is 0 Å². The van der Waals surface area contributed by atoms with Gasteiger partial charge in [-0.2, -0.15) is 0 Å². The number of rotatable bonds is 14. The number of esters is 1.